The molecule has 1 aliphatic heterocycles. The number of pyridine rings is 1. The molecular weight excluding hydrogens is 404 g/mol. The number of nitrogens with zero attached hydrogens (tertiary/aromatic N) is 3. The van der Waals surface area contributed by atoms with Gasteiger partial charge in [0.2, 0.25) is 0 Å². The van der Waals surface area contributed by atoms with Gasteiger partial charge in [0, 0.05) is 29.7 Å². The lowest BCUT2D eigenvalue weighted by atomic mass is 9.94. The Morgan fingerprint density at radius 3 is 2.53 bits per heavy atom. The Morgan fingerprint density at radius 2 is 1.93 bits per heavy atom. The summed E-state index contributed by atoms with van der Waals surface area (Å²) in [4.78, 5) is 31.5. The van der Waals surface area contributed by atoms with Crippen molar-refractivity contribution in [1.82, 2.24) is 20.1 Å². The molecule has 1 aromatic carbocycles. The van der Waals surface area contributed by atoms with E-state index in [0.29, 0.717) is 27.5 Å². The molecule has 8 heteroatoms. The van der Waals surface area contributed by atoms with Crippen molar-refractivity contribution < 1.29 is 14.7 Å². The zero-order chi connectivity index (χ0) is 21.4. The van der Waals surface area contributed by atoms with E-state index >= 15 is 0 Å². The minimum atomic E-state index is -0.767. The second-order valence-corrected chi connectivity index (χ2v) is 7.59. The second-order valence-electron chi connectivity index (χ2n) is 7.15. The third-order valence-electron chi connectivity index (χ3n) is 5.17. The monoisotopic (exact) mass is 422 g/mol. The molecule has 0 spiro atoms. The summed E-state index contributed by atoms with van der Waals surface area (Å²) in [6.07, 6.45) is 3.28. The van der Waals surface area contributed by atoms with Gasteiger partial charge in [-0.15, -0.1) is 0 Å². The molecule has 3 aromatic rings. The molecule has 0 saturated carbocycles. The van der Waals surface area contributed by atoms with Gasteiger partial charge in [0.15, 0.2) is 0 Å². The number of aromatic nitrogens is 3. The Bertz CT molecular complexity index is 1130. The summed E-state index contributed by atoms with van der Waals surface area (Å²) in [6.45, 7) is 3.64. The van der Waals surface area contributed by atoms with E-state index in [1.807, 2.05) is 6.07 Å². The molecule has 30 heavy (non-hydrogen) atoms. The number of aliphatic hydroxyl groups is 1. The van der Waals surface area contributed by atoms with Gasteiger partial charge in [-0.05, 0) is 43.2 Å². The molecule has 3 heterocycles. The Hall–Kier alpha value is -3.45. The fraction of sp³-hybridized carbons (Fsp3) is 0.182. The Balaban J connectivity index is 1.89. The van der Waals surface area contributed by atoms with E-state index in [1.165, 1.54) is 4.90 Å². The molecule has 0 aliphatic carbocycles. The Labute approximate surface area is 178 Å². The number of carbonyl (C=O) groups is 2. The van der Waals surface area contributed by atoms with Gasteiger partial charge in [-0.25, -0.2) is 0 Å². The van der Waals surface area contributed by atoms with Crippen molar-refractivity contribution in [3.8, 4) is 0 Å². The van der Waals surface area contributed by atoms with Crippen LogP contribution in [0, 0.1) is 13.8 Å². The number of benzene rings is 1. The Kier molecular flexibility index (Phi) is 5.13. The van der Waals surface area contributed by atoms with Crippen LogP contribution in [0.4, 0.5) is 0 Å². The van der Waals surface area contributed by atoms with Gasteiger partial charge < -0.3 is 10.0 Å². The zero-order valence-electron chi connectivity index (χ0n) is 16.4. The molecule has 1 unspecified atom stereocenters. The van der Waals surface area contributed by atoms with E-state index < -0.39 is 17.7 Å². The van der Waals surface area contributed by atoms with Gasteiger partial charge in [-0.1, -0.05) is 29.8 Å². The normalized spacial score (nSPS) is 18.2. The third-order valence-corrected chi connectivity index (χ3v) is 5.42. The van der Waals surface area contributed by atoms with Gasteiger partial charge in [-0.2, -0.15) is 5.10 Å². The fourth-order valence-electron chi connectivity index (χ4n) is 3.76. The molecule has 7 nitrogen and oxygen atoms in total. The molecule has 4 rings (SSSR count). The van der Waals surface area contributed by atoms with Crippen molar-refractivity contribution in [3.63, 3.8) is 0 Å². The number of hydrogen-bond acceptors (Lipinski definition) is 5. The van der Waals surface area contributed by atoms with Gasteiger partial charge >= 0.3 is 0 Å². The van der Waals surface area contributed by atoms with Gasteiger partial charge in [-0.3, -0.25) is 19.7 Å². The highest BCUT2D eigenvalue weighted by Gasteiger charge is 2.46. The number of nitrogens with one attached hydrogen (secondary N) is 1. The maximum atomic E-state index is 13.0. The number of Topliss-reactive ketones (excluding diaryl/α,β-unsaturated/α-hetero) is 1. The molecule has 1 aliphatic rings. The fourth-order valence-corrected chi connectivity index (χ4v) is 3.88. The number of aromatic amines is 1. The molecule has 1 fully saturated rings. The van der Waals surface area contributed by atoms with Crippen molar-refractivity contribution in [1.29, 1.82) is 0 Å². The van der Waals surface area contributed by atoms with Crippen molar-refractivity contribution in [2.75, 3.05) is 0 Å². The highest BCUT2D eigenvalue weighted by molar-refractivity contribution is 6.46. The van der Waals surface area contributed by atoms with Crippen LogP contribution in [0.5, 0.6) is 0 Å². The summed E-state index contributed by atoms with van der Waals surface area (Å²) < 4.78 is 0. The summed E-state index contributed by atoms with van der Waals surface area (Å²) >= 11 is 6.03. The summed E-state index contributed by atoms with van der Waals surface area (Å²) in [5, 5.41) is 18.5. The summed E-state index contributed by atoms with van der Waals surface area (Å²) in [5.41, 5.74) is 3.04. The van der Waals surface area contributed by atoms with Crippen LogP contribution < -0.4 is 0 Å². The second kappa shape index (κ2) is 7.76. The first-order chi connectivity index (χ1) is 14.4. The topological polar surface area (TPSA) is 99.2 Å². The van der Waals surface area contributed by atoms with Gasteiger partial charge in [0.1, 0.15) is 5.76 Å². The molecule has 1 atom stereocenters. The van der Waals surface area contributed by atoms with Crippen LogP contribution in [-0.4, -0.2) is 36.9 Å². The van der Waals surface area contributed by atoms with Crippen LogP contribution in [-0.2, 0) is 16.1 Å². The first-order valence-corrected chi connectivity index (χ1v) is 9.71. The number of hydrogen-bond donors (Lipinski definition) is 2. The third kappa shape index (κ3) is 3.37. The molecule has 0 bridgehead atoms. The summed E-state index contributed by atoms with van der Waals surface area (Å²) in [7, 11) is 0. The van der Waals surface area contributed by atoms with Crippen LogP contribution in [0.25, 0.3) is 5.76 Å². The average Bonchev–Trinajstić information content (AvgIpc) is 3.20. The lowest BCUT2D eigenvalue weighted by Gasteiger charge is -2.25. The van der Waals surface area contributed by atoms with Crippen LogP contribution in [0.3, 0.4) is 0 Å². The number of amides is 1. The van der Waals surface area contributed by atoms with Crippen molar-refractivity contribution in [3.05, 3.63) is 87.5 Å². The van der Waals surface area contributed by atoms with Crippen LogP contribution in [0.2, 0.25) is 5.02 Å². The first kappa shape index (κ1) is 19.8. The number of aliphatic hydroxyl groups excluding tert-OH is 1. The van der Waals surface area contributed by atoms with E-state index in [-0.39, 0.29) is 17.9 Å². The maximum absolute atomic E-state index is 13.0. The smallest absolute Gasteiger partial charge is 0.295 e. The number of ketones is 1. The molecule has 1 saturated heterocycles. The number of rotatable bonds is 4. The van der Waals surface area contributed by atoms with Crippen molar-refractivity contribution >= 4 is 29.1 Å². The van der Waals surface area contributed by atoms with Crippen LogP contribution in [0.15, 0.2) is 54.4 Å². The minimum absolute atomic E-state index is 0.0267. The highest BCUT2D eigenvalue weighted by Crippen LogP contribution is 2.41. The number of likely N-dealkylation sites (tertiary alicyclic amines) is 1. The number of aryl methyl sites for hydroxylation is 2. The number of carbonyl (C=O) groups excluding carboxylic acids is 2. The van der Waals surface area contributed by atoms with E-state index in [9.17, 15) is 14.7 Å². The maximum Gasteiger partial charge on any atom is 0.295 e. The van der Waals surface area contributed by atoms with E-state index in [2.05, 4.69) is 15.2 Å². The van der Waals surface area contributed by atoms with E-state index in [0.717, 1.165) is 5.56 Å². The standard InChI is InChI=1S/C22H19ClN4O3/c1-12-17(13(2)26-25-12)20(28)18-19(15-5-7-16(23)8-6-15)27(22(30)21(18)29)11-14-4-3-9-24-10-14/h3-10,19,28H,11H2,1-2H3,(H,25,26). The zero-order valence-corrected chi connectivity index (χ0v) is 17.1. The highest BCUT2D eigenvalue weighted by atomic mass is 35.5. The summed E-state index contributed by atoms with van der Waals surface area (Å²) in [5.74, 6) is -1.67. The van der Waals surface area contributed by atoms with Gasteiger partial charge in [0.25, 0.3) is 11.7 Å². The quantitative estimate of drug-likeness (QED) is 0.379. The largest absolute Gasteiger partial charge is 0.507 e. The predicted octanol–water partition coefficient (Wildman–Crippen LogP) is 3.70. The SMILES string of the molecule is Cc1n[nH]c(C)c1C(O)=C1C(=O)C(=O)N(Cc2cccnc2)C1c1ccc(Cl)cc1. The van der Waals surface area contributed by atoms with E-state index in [1.54, 1.807) is 56.6 Å². The first-order valence-electron chi connectivity index (χ1n) is 9.33. The molecular formula is C22H19ClN4O3. The lowest BCUT2D eigenvalue weighted by molar-refractivity contribution is -0.140. The molecule has 152 valence electrons. The molecule has 0 radical (unpaired) electrons. The average molecular weight is 423 g/mol. The van der Waals surface area contributed by atoms with Crippen molar-refractivity contribution in [2.45, 2.75) is 26.4 Å². The van der Waals surface area contributed by atoms with Crippen LogP contribution >= 0.6 is 11.6 Å². The lowest BCUT2D eigenvalue weighted by Crippen LogP contribution is -2.29. The Morgan fingerprint density at radius 1 is 1.20 bits per heavy atom. The van der Waals surface area contributed by atoms with Crippen LogP contribution in [0.1, 0.15) is 34.1 Å². The predicted molar refractivity (Wildman–Crippen MR) is 112 cm³/mol. The van der Waals surface area contributed by atoms with E-state index in [4.69, 9.17) is 11.6 Å². The molecule has 2 N–H and O–H groups in total. The van der Waals surface area contributed by atoms with Crippen molar-refractivity contribution in [2.24, 2.45) is 0 Å². The number of halogens is 1. The molecule has 2 aromatic heterocycles. The van der Waals surface area contributed by atoms with Gasteiger partial charge in [0.05, 0.1) is 22.9 Å². The summed E-state index contributed by atoms with van der Waals surface area (Å²) in [6, 6.07) is 9.70. The molecule has 1 amide bonds. The number of H-pyrrole nitrogens is 1. The minimum Gasteiger partial charge on any atom is -0.507 e.